The molecule has 5 nitrogen and oxygen atoms in total. The number of carboxylic acids is 1. The third kappa shape index (κ3) is 2.27. The first-order valence-corrected chi connectivity index (χ1v) is 9.11. The van der Waals surface area contributed by atoms with Gasteiger partial charge in [0.2, 0.25) is 5.91 Å². The Morgan fingerprint density at radius 2 is 1.95 bits per heavy atom. The number of amides is 1. The molecule has 2 aliphatic carbocycles. The molecule has 0 aromatic heterocycles. The number of rotatable bonds is 3. The van der Waals surface area contributed by atoms with Gasteiger partial charge in [0.05, 0.1) is 11.4 Å². The number of nitrogens with one attached hydrogen (secondary N) is 1. The van der Waals surface area contributed by atoms with Gasteiger partial charge in [0, 0.05) is 5.75 Å². The van der Waals surface area contributed by atoms with Gasteiger partial charge in [-0.3, -0.25) is 4.79 Å². The lowest BCUT2D eigenvalue weighted by Gasteiger charge is -2.31. The minimum Gasteiger partial charge on any atom is -0.480 e. The molecular formula is C15H22N2O3S. The highest BCUT2D eigenvalue weighted by atomic mass is 32.2. The third-order valence-corrected chi connectivity index (χ3v) is 7.07. The first-order chi connectivity index (χ1) is 10.2. The summed E-state index contributed by atoms with van der Waals surface area (Å²) in [5, 5.41) is 12.9. The highest BCUT2D eigenvalue weighted by molar-refractivity contribution is 8.00. The number of hydrogen-bond donors (Lipinski definition) is 2. The molecule has 2 N–H and O–H groups in total. The van der Waals surface area contributed by atoms with Gasteiger partial charge < -0.3 is 15.3 Å². The first-order valence-electron chi connectivity index (χ1n) is 8.07. The predicted octanol–water partition coefficient (Wildman–Crippen LogP) is 1.14. The van der Waals surface area contributed by atoms with Gasteiger partial charge in [-0.15, -0.1) is 11.8 Å². The summed E-state index contributed by atoms with van der Waals surface area (Å²) in [5.41, 5.74) is 0. The molecule has 5 unspecified atom stereocenters. The smallest absolute Gasteiger partial charge is 0.327 e. The Bertz CT molecular complexity index is 468. The Labute approximate surface area is 128 Å². The van der Waals surface area contributed by atoms with Crippen LogP contribution in [0, 0.1) is 17.8 Å². The Kier molecular flexibility index (Phi) is 3.41. The van der Waals surface area contributed by atoms with E-state index < -0.39 is 12.0 Å². The molecule has 1 amide bonds. The van der Waals surface area contributed by atoms with Gasteiger partial charge in [0.15, 0.2) is 0 Å². The number of fused-ring (bicyclic) bond motifs is 1. The maximum Gasteiger partial charge on any atom is 0.327 e. The van der Waals surface area contributed by atoms with E-state index in [0.717, 1.165) is 25.8 Å². The molecule has 2 heterocycles. The lowest BCUT2D eigenvalue weighted by Crippen LogP contribution is -2.53. The number of hydrogen-bond acceptors (Lipinski definition) is 4. The largest absolute Gasteiger partial charge is 0.480 e. The molecule has 6 heteroatoms. The highest BCUT2D eigenvalue weighted by Gasteiger charge is 2.52. The van der Waals surface area contributed by atoms with Crippen LogP contribution in [-0.2, 0) is 9.59 Å². The summed E-state index contributed by atoms with van der Waals surface area (Å²) in [5.74, 6) is 1.32. The summed E-state index contributed by atoms with van der Waals surface area (Å²) in [6, 6.07) is -0.769. The lowest BCUT2D eigenvalue weighted by molar-refractivity contribution is -0.150. The van der Waals surface area contributed by atoms with E-state index in [0.29, 0.717) is 23.5 Å². The second kappa shape index (κ2) is 5.16. The number of aliphatic carboxylic acids is 1. The SMILES string of the molecule is O=C(O)C1CSC(C2CC2)N1C(=O)C1NCC2CCCC21. The van der Waals surface area contributed by atoms with Crippen molar-refractivity contribution in [2.45, 2.75) is 49.6 Å². The summed E-state index contributed by atoms with van der Waals surface area (Å²) in [6.45, 7) is 0.924. The van der Waals surface area contributed by atoms with Gasteiger partial charge in [-0.1, -0.05) is 6.42 Å². The molecule has 2 aliphatic heterocycles. The van der Waals surface area contributed by atoms with Crippen LogP contribution < -0.4 is 5.32 Å². The van der Waals surface area contributed by atoms with E-state index in [1.54, 1.807) is 16.7 Å². The lowest BCUT2D eigenvalue weighted by atomic mass is 9.93. The van der Waals surface area contributed by atoms with Crippen LogP contribution in [-0.4, -0.2) is 51.6 Å². The van der Waals surface area contributed by atoms with E-state index >= 15 is 0 Å². The standard InChI is InChI=1S/C15H22N2O3S/c18-13(12-10-3-1-2-9(10)6-16-12)17-11(15(19)20)7-21-14(17)8-4-5-8/h8-12,14,16H,1-7H2,(H,19,20). The van der Waals surface area contributed by atoms with Crippen LogP contribution in [0.5, 0.6) is 0 Å². The molecular weight excluding hydrogens is 288 g/mol. The van der Waals surface area contributed by atoms with Crippen LogP contribution in [0.4, 0.5) is 0 Å². The molecule has 4 aliphatic rings. The van der Waals surface area contributed by atoms with Crippen molar-refractivity contribution in [1.29, 1.82) is 0 Å². The Balaban J connectivity index is 1.56. The summed E-state index contributed by atoms with van der Waals surface area (Å²) < 4.78 is 0. The van der Waals surface area contributed by atoms with Crippen molar-refractivity contribution in [3.63, 3.8) is 0 Å². The molecule has 2 saturated heterocycles. The van der Waals surface area contributed by atoms with Crippen molar-refractivity contribution >= 4 is 23.6 Å². The normalized spacial score (nSPS) is 42.3. The van der Waals surface area contributed by atoms with Crippen molar-refractivity contribution in [3.05, 3.63) is 0 Å². The number of thioether (sulfide) groups is 1. The highest BCUT2D eigenvalue weighted by Crippen LogP contribution is 2.47. The van der Waals surface area contributed by atoms with Crippen molar-refractivity contribution in [2.24, 2.45) is 17.8 Å². The Morgan fingerprint density at radius 1 is 1.14 bits per heavy atom. The van der Waals surface area contributed by atoms with Crippen LogP contribution in [0.2, 0.25) is 0 Å². The fourth-order valence-corrected chi connectivity index (χ4v) is 6.00. The molecule has 5 atom stereocenters. The monoisotopic (exact) mass is 310 g/mol. The molecule has 0 bridgehead atoms. The van der Waals surface area contributed by atoms with E-state index in [-0.39, 0.29) is 17.3 Å². The van der Waals surface area contributed by atoms with Crippen LogP contribution in [0.1, 0.15) is 32.1 Å². The molecule has 116 valence electrons. The topological polar surface area (TPSA) is 69.6 Å². The molecule has 0 radical (unpaired) electrons. The number of carbonyl (C=O) groups excluding carboxylic acids is 1. The Hall–Kier alpha value is -0.750. The fourth-order valence-electron chi connectivity index (χ4n) is 4.36. The van der Waals surface area contributed by atoms with E-state index in [9.17, 15) is 14.7 Å². The molecule has 4 fully saturated rings. The molecule has 2 saturated carbocycles. The molecule has 0 spiro atoms. The Morgan fingerprint density at radius 3 is 2.67 bits per heavy atom. The maximum absolute atomic E-state index is 13.0. The van der Waals surface area contributed by atoms with Gasteiger partial charge >= 0.3 is 5.97 Å². The summed E-state index contributed by atoms with van der Waals surface area (Å²) in [4.78, 5) is 26.3. The minimum absolute atomic E-state index is 0.0544. The van der Waals surface area contributed by atoms with Gasteiger partial charge in [-0.05, 0) is 50.0 Å². The maximum atomic E-state index is 13.0. The number of carbonyl (C=O) groups is 2. The van der Waals surface area contributed by atoms with E-state index in [1.165, 1.54) is 12.8 Å². The van der Waals surface area contributed by atoms with Crippen molar-refractivity contribution < 1.29 is 14.7 Å². The van der Waals surface area contributed by atoms with Crippen LogP contribution in [0.3, 0.4) is 0 Å². The second-order valence-electron chi connectivity index (χ2n) is 6.90. The molecule has 21 heavy (non-hydrogen) atoms. The zero-order valence-electron chi connectivity index (χ0n) is 12.0. The average molecular weight is 310 g/mol. The van der Waals surface area contributed by atoms with E-state index in [4.69, 9.17) is 0 Å². The molecule has 4 rings (SSSR count). The van der Waals surface area contributed by atoms with Crippen LogP contribution in [0.25, 0.3) is 0 Å². The number of carboxylic acid groups (broad SMARTS) is 1. The van der Waals surface area contributed by atoms with Gasteiger partial charge in [0.1, 0.15) is 6.04 Å². The van der Waals surface area contributed by atoms with Gasteiger partial charge in [-0.25, -0.2) is 4.79 Å². The van der Waals surface area contributed by atoms with Gasteiger partial charge in [0.25, 0.3) is 0 Å². The zero-order chi connectivity index (χ0) is 14.6. The van der Waals surface area contributed by atoms with Gasteiger partial charge in [-0.2, -0.15) is 0 Å². The van der Waals surface area contributed by atoms with E-state index in [2.05, 4.69) is 5.32 Å². The fraction of sp³-hybridized carbons (Fsp3) is 0.867. The minimum atomic E-state index is -0.847. The van der Waals surface area contributed by atoms with Crippen molar-refractivity contribution in [2.75, 3.05) is 12.3 Å². The molecule has 0 aromatic rings. The second-order valence-corrected chi connectivity index (χ2v) is 8.05. The van der Waals surface area contributed by atoms with Crippen molar-refractivity contribution in [3.8, 4) is 0 Å². The summed E-state index contributed by atoms with van der Waals surface area (Å²) >= 11 is 1.67. The van der Waals surface area contributed by atoms with Crippen LogP contribution in [0.15, 0.2) is 0 Å². The van der Waals surface area contributed by atoms with Crippen molar-refractivity contribution in [1.82, 2.24) is 10.2 Å². The van der Waals surface area contributed by atoms with E-state index in [1.807, 2.05) is 0 Å². The summed E-state index contributed by atoms with van der Waals surface area (Å²) in [6.07, 6.45) is 5.81. The quantitative estimate of drug-likeness (QED) is 0.818. The predicted molar refractivity (Wildman–Crippen MR) is 79.9 cm³/mol. The summed E-state index contributed by atoms with van der Waals surface area (Å²) in [7, 11) is 0. The first kappa shape index (κ1) is 13.9. The molecule has 0 aromatic carbocycles. The zero-order valence-corrected chi connectivity index (χ0v) is 12.8. The average Bonchev–Trinajstić information content (AvgIpc) is 2.91. The number of nitrogens with zero attached hydrogens (tertiary/aromatic N) is 1. The third-order valence-electron chi connectivity index (χ3n) is 5.61. The van der Waals surface area contributed by atoms with Crippen LogP contribution >= 0.6 is 11.8 Å².